The van der Waals surface area contributed by atoms with Gasteiger partial charge in [0.25, 0.3) is 0 Å². The molecule has 2 aromatic heterocycles. The van der Waals surface area contributed by atoms with Gasteiger partial charge in [0.05, 0.1) is 35.9 Å². The molecule has 0 spiro atoms. The number of aromatic nitrogens is 3. The summed E-state index contributed by atoms with van der Waals surface area (Å²) in [5.74, 6) is 0.500. The summed E-state index contributed by atoms with van der Waals surface area (Å²) in [7, 11) is 3.42. The monoisotopic (exact) mass is 543 g/mol. The van der Waals surface area contributed by atoms with Crippen LogP contribution < -0.4 is 9.47 Å². The Morgan fingerprint density at radius 3 is 2.65 bits per heavy atom. The first-order chi connectivity index (χ1) is 19.3. The fourth-order valence-corrected chi connectivity index (χ4v) is 5.30. The van der Waals surface area contributed by atoms with Gasteiger partial charge in [0.1, 0.15) is 29.5 Å². The van der Waals surface area contributed by atoms with Crippen LogP contribution in [0.25, 0.3) is 11.0 Å². The first kappa shape index (κ1) is 27.1. The molecule has 3 heterocycles. The summed E-state index contributed by atoms with van der Waals surface area (Å²) in [5, 5.41) is 18.4. The highest BCUT2D eigenvalue weighted by Crippen LogP contribution is 2.34. The van der Waals surface area contributed by atoms with Gasteiger partial charge in [-0.1, -0.05) is 12.1 Å². The predicted octanol–water partition coefficient (Wildman–Crippen LogP) is 5.21. The molecule has 0 radical (unpaired) electrons. The molecule has 0 bridgehead atoms. The Hall–Kier alpha value is -4.49. The van der Waals surface area contributed by atoms with Crippen molar-refractivity contribution in [1.29, 1.82) is 5.26 Å². The SMILES string of the molecule is COc1cc(C(=O)O)cc2c1nc([C@@H](C)N1CCC(c3cccc(OCc4ccc(C#N)cc4F)n3)CC1)n2C. The highest BCUT2D eigenvalue weighted by Gasteiger charge is 2.28. The number of benzene rings is 2. The van der Waals surface area contributed by atoms with Crippen molar-refractivity contribution in [3.63, 3.8) is 0 Å². The standard InChI is InChI=1S/C30H30FN5O4/c1-18(29-34-28-25(35(29)2)14-22(30(37)38)15-26(28)39-3)36-11-9-20(10-12-36)24-5-4-6-27(33-24)40-17-21-8-7-19(16-32)13-23(21)31/h4-8,13-15,18,20H,9-12,17H2,1-3H3,(H,37,38)/t18-/m1/s1. The van der Waals surface area contributed by atoms with Crippen molar-refractivity contribution < 1.29 is 23.8 Å². The van der Waals surface area contributed by atoms with Gasteiger partial charge in [0.15, 0.2) is 0 Å². The van der Waals surface area contributed by atoms with E-state index in [0.29, 0.717) is 22.7 Å². The number of hydrogen-bond donors (Lipinski definition) is 1. The van der Waals surface area contributed by atoms with E-state index in [1.165, 1.54) is 19.2 Å². The molecule has 0 unspecified atom stereocenters. The van der Waals surface area contributed by atoms with E-state index in [1.54, 1.807) is 24.3 Å². The molecule has 5 rings (SSSR count). The van der Waals surface area contributed by atoms with Gasteiger partial charge >= 0.3 is 5.97 Å². The molecule has 10 heteroatoms. The largest absolute Gasteiger partial charge is 0.494 e. The van der Waals surface area contributed by atoms with Crippen LogP contribution in [0.1, 0.15) is 64.7 Å². The number of rotatable bonds is 8. The lowest BCUT2D eigenvalue weighted by molar-refractivity contribution is 0.0696. The summed E-state index contributed by atoms with van der Waals surface area (Å²) in [6.45, 7) is 3.83. The zero-order valence-electron chi connectivity index (χ0n) is 22.6. The third kappa shape index (κ3) is 5.33. The average molecular weight is 544 g/mol. The van der Waals surface area contributed by atoms with Crippen molar-refractivity contribution in [3.8, 4) is 17.7 Å². The summed E-state index contributed by atoms with van der Waals surface area (Å²) in [5.41, 5.74) is 3.11. The number of ether oxygens (including phenoxy) is 2. The molecule has 1 fully saturated rings. The third-order valence-electron chi connectivity index (χ3n) is 7.63. The van der Waals surface area contributed by atoms with E-state index in [4.69, 9.17) is 24.7 Å². The number of aromatic carboxylic acids is 1. The number of piperidine rings is 1. The van der Waals surface area contributed by atoms with E-state index in [2.05, 4.69) is 11.8 Å². The van der Waals surface area contributed by atoms with Crippen LogP contribution in [0.15, 0.2) is 48.5 Å². The molecule has 2 aromatic carbocycles. The zero-order valence-corrected chi connectivity index (χ0v) is 22.6. The van der Waals surface area contributed by atoms with Gasteiger partial charge in [0.2, 0.25) is 5.88 Å². The third-order valence-corrected chi connectivity index (χ3v) is 7.63. The Morgan fingerprint density at radius 1 is 1.20 bits per heavy atom. The van der Waals surface area contributed by atoms with E-state index >= 15 is 0 Å². The smallest absolute Gasteiger partial charge is 0.335 e. The molecule has 0 amide bonds. The van der Waals surface area contributed by atoms with Gasteiger partial charge < -0.3 is 19.1 Å². The number of likely N-dealkylation sites (tertiary alicyclic amines) is 1. The normalized spacial score (nSPS) is 15.1. The highest BCUT2D eigenvalue weighted by molar-refractivity contribution is 5.95. The minimum atomic E-state index is -1.01. The maximum absolute atomic E-state index is 14.2. The number of fused-ring (bicyclic) bond motifs is 1. The molecule has 1 atom stereocenters. The van der Waals surface area contributed by atoms with Crippen LogP contribution >= 0.6 is 0 Å². The van der Waals surface area contributed by atoms with Crippen LogP contribution in [0.3, 0.4) is 0 Å². The van der Waals surface area contributed by atoms with Gasteiger partial charge in [-0.15, -0.1) is 0 Å². The van der Waals surface area contributed by atoms with Crippen molar-refractivity contribution in [2.75, 3.05) is 20.2 Å². The van der Waals surface area contributed by atoms with Crippen LogP contribution in [0.4, 0.5) is 4.39 Å². The quantitative estimate of drug-likeness (QED) is 0.322. The number of halogens is 1. The van der Waals surface area contributed by atoms with Crippen LogP contribution in [0.2, 0.25) is 0 Å². The molecule has 206 valence electrons. The number of nitrogens with zero attached hydrogens (tertiary/aromatic N) is 5. The van der Waals surface area contributed by atoms with Crippen molar-refractivity contribution >= 4 is 17.0 Å². The minimum absolute atomic E-state index is 0.0151. The van der Waals surface area contributed by atoms with Crippen molar-refractivity contribution in [2.24, 2.45) is 7.05 Å². The molecule has 0 saturated carbocycles. The minimum Gasteiger partial charge on any atom is -0.494 e. The lowest BCUT2D eigenvalue weighted by atomic mass is 9.92. The summed E-state index contributed by atoms with van der Waals surface area (Å²) in [4.78, 5) is 23.5. The Bertz CT molecular complexity index is 1600. The van der Waals surface area contributed by atoms with E-state index in [1.807, 2.05) is 29.8 Å². The van der Waals surface area contributed by atoms with Gasteiger partial charge in [-0.2, -0.15) is 5.26 Å². The first-order valence-corrected chi connectivity index (χ1v) is 13.1. The average Bonchev–Trinajstić information content (AvgIpc) is 3.31. The number of carbonyl (C=O) groups is 1. The van der Waals surface area contributed by atoms with E-state index < -0.39 is 11.8 Å². The Labute approximate surface area is 231 Å². The fourth-order valence-electron chi connectivity index (χ4n) is 5.30. The molecule has 0 aliphatic carbocycles. The van der Waals surface area contributed by atoms with Gasteiger partial charge in [-0.05, 0) is 63.2 Å². The molecule has 40 heavy (non-hydrogen) atoms. The number of methoxy groups -OCH3 is 1. The second kappa shape index (κ2) is 11.3. The van der Waals surface area contributed by atoms with Crippen LogP contribution in [0, 0.1) is 17.1 Å². The summed E-state index contributed by atoms with van der Waals surface area (Å²) in [6.07, 6.45) is 1.81. The first-order valence-electron chi connectivity index (χ1n) is 13.1. The Balaban J connectivity index is 1.25. The molecule has 1 aliphatic heterocycles. The number of aryl methyl sites for hydroxylation is 1. The van der Waals surface area contributed by atoms with Crippen molar-refractivity contribution in [1.82, 2.24) is 19.4 Å². The van der Waals surface area contributed by atoms with Crippen molar-refractivity contribution in [2.45, 2.75) is 38.3 Å². The lowest BCUT2D eigenvalue weighted by Crippen LogP contribution is -2.36. The molecule has 1 aliphatic rings. The topological polar surface area (TPSA) is 114 Å². The zero-order chi connectivity index (χ0) is 28.4. The number of nitriles is 1. The molecule has 4 aromatic rings. The lowest BCUT2D eigenvalue weighted by Gasteiger charge is -2.35. The molecular formula is C30H30FN5O4. The maximum Gasteiger partial charge on any atom is 0.335 e. The van der Waals surface area contributed by atoms with Crippen LogP contribution in [-0.2, 0) is 13.7 Å². The fraction of sp³-hybridized carbons (Fsp3) is 0.333. The van der Waals surface area contributed by atoms with Crippen LogP contribution in [-0.4, -0.2) is 50.7 Å². The second-order valence-corrected chi connectivity index (χ2v) is 9.97. The summed E-state index contributed by atoms with van der Waals surface area (Å²) < 4.78 is 27.4. The van der Waals surface area contributed by atoms with Crippen molar-refractivity contribution in [3.05, 3.63) is 82.6 Å². The van der Waals surface area contributed by atoms with Gasteiger partial charge in [-0.3, -0.25) is 4.90 Å². The molecule has 9 nitrogen and oxygen atoms in total. The predicted molar refractivity (Wildman–Crippen MR) is 146 cm³/mol. The molecular weight excluding hydrogens is 513 g/mol. The van der Waals surface area contributed by atoms with E-state index in [-0.39, 0.29) is 29.7 Å². The Morgan fingerprint density at radius 2 is 1.98 bits per heavy atom. The van der Waals surface area contributed by atoms with E-state index in [0.717, 1.165) is 43.0 Å². The second-order valence-electron chi connectivity index (χ2n) is 9.97. The number of imidazole rings is 1. The highest BCUT2D eigenvalue weighted by atomic mass is 19.1. The van der Waals surface area contributed by atoms with Gasteiger partial charge in [-0.25, -0.2) is 19.2 Å². The molecule has 1 N–H and O–H groups in total. The van der Waals surface area contributed by atoms with Gasteiger partial charge in [0, 0.05) is 30.3 Å². The number of carboxylic acid groups (broad SMARTS) is 1. The Kier molecular flexibility index (Phi) is 7.67. The molecule has 1 saturated heterocycles. The summed E-state index contributed by atoms with van der Waals surface area (Å²) in [6, 6.07) is 15.1. The van der Waals surface area contributed by atoms with E-state index in [9.17, 15) is 14.3 Å². The maximum atomic E-state index is 14.2. The van der Waals surface area contributed by atoms with Crippen LogP contribution in [0.5, 0.6) is 11.6 Å². The number of carboxylic acids is 1. The number of pyridine rings is 1. The number of hydrogen-bond acceptors (Lipinski definition) is 7. The summed E-state index contributed by atoms with van der Waals surface area (Å²) >= 11 is 0.